The number of hydrogen-bond acceptors (Lipinski definition) is 4. The molecule has 0 saturated carbocycles. The van der Waals surface area contributed by atoms with Gasteiger partial charge in [0.05, 0.1) is 0 Å². The predicted octanol–water partition coefficient (Wildman–Crippen LogP) is 2.23. The van der Waals surface area contributed by atoms with E-state index in [1.807, 2.05) is 0 Å². The van der Waals surface area contributed by atoms with Crippen LogP contribution in [-0.4, -0.2) is 21.1 Å². The lowest BCUT2D eigenvalue weighted by atomic mass is 10.0. The van der Waals surface area contributed by atoms with Crippen molar-refractivity contribution < 1.29 is 20.1 Å². The maximum Gasteiger partial charge on any atom is 0.167 e. The van der Waals surface area contributed by atoms with Gasteiger partial charge in [0.15, 0.2) is 17.3 Å². The van der Waals surface area contributed by atoms with Gasteiger partial charge in [-0.15, -0.1) is 0 Å². The number of phenols is 3. The molecule has 0 aromatic heterocycles. The van der Waals surface area contributed by atoms with Crippen LogP contribution >= 0.6 is 0 Å². The third kappa shape index (κ3) is 2.60. The highest BCUT2D eigenvalue weighted by atomic mass is 16.3. The standard InChI is InChI=1S/C14H12O4/c15-11-4-1-9(2-5-11)7-13(17)10-3-6-12(16)14(18)8-10/h1-6,8,15-16,18H,7H2. The summed E-state index contributed by atoms with van der Waals surface area (Å²) in [5, 5.41) is 27.6. The average Bonchev–Trinajstić information content (AvgIpc) is 2.35. The van der Waals surface area contributed by atoms with Crippen molar-refractivity contribution >= 4 is 5.78 Å². The largest absolute Gasteiger partial charge is 0.508 e. The van der Waals surface area contributed by atoms with Gasteiger partial charge in [-0.1, -0.05) is 12.1 Å². The molecule has 0 fully saturated rings. The van der Waals surface area contributed by atoms with Gasteiger partial charge in [-0.2, -0.15) is 0 Å². The van der Waals surface area contributed by atoms with Gasteiger partial charge in [0, 0.05) is 12.0 Å². The average molecular weight is 244 g/mol. The van der Waals surface area contributed by atoms with Crippen LogP contribution in [0.1, 0.15) is 15.9 Å². The molecule has 0 heterocycles. The van der Waals surface area contributed by atoms with E-state index >= 15 is 0 Å². The van der Waals surface area contributed by atoms with E-state index in [-0.39, 0.29) is 29.5 Å². The highest BCUT2D eigenvalue weighted by Gasteiger charge is 2.09. The number of carbonyl (C=O) groups is 1. The second kappa shape index (κ2) is 4.79. The zero-order valence-electron chi connectivity index (χ0n) is 9.50. The second-order valence-corrected chi connectivity index (χ2v) is 3.97. The summed E-state index contributed by atoms with van der Waals surface area (Å²) in [6.07, 6.45) is 0.171. The van der Waals surface area contributed by atoms with Gasteiger partial charge in [-0.25, -0.2) is 0 Å². The van der Waals surface area contributed by atoms with E-state index in [1.165, 1.54) is 30.3 Å². The van der Waals surface area contributed by atoms with Gasteiger partial charge >= 0.3 is 0 Å². The highest BCUT2D eigenvalue weighted by Crippen LogP contribution is 2.25. The first-order valence-corrected chi connectivity index (χ1v) is 5.39. The number of aromatic hydroxyl groups is 3. The fourth-order valence-electron chi connectivity index (χ4n) is 1.60. The van der Waals surface area contributed by atoms with E-state index in [0.717, 1.165) is 5.56 Å². The Bertz CT molecular complexity index is 573. The van der Waals surface area contributed by atoms with Crippen LogP contribution in [0.3, 0.4) is 0 Å². The molecule has 2 rings (SSSR count). The van der Waals surface area contributed by atoms with Gasteiger partial charge in [0.1, 0.15) is 5.75 Å². The van der Waals surface area contributed by atoms with Gasteiger partial charge < -0.3 is 15.3 Å². The fourth-order valence-corrected chi connectivity index (χ4v) is 1.60. The van der Waals surface area contributed by atoms with E-state index in [2.05, 4.69) is 0 Å². The van der Waals surface area contributed by atoms with Gasteiger partial charge in [0.25, 0.3) is 0 Å². The molecule has 0 atom stereocenters. The molecule has 0 amide bonds. The molecule has 4 heteroatoms. The van der Waals surface area contributed by atoms with Crippen molar-refractivity contribution in [1.29, 1.82) is 0 Å². The third-order valence-corrected chi connectivity index (χ3v) is 2.60. The SMILES string of the molecule is O=C(Cc1ccc(O)cc1)c1ccc(O)c(O)c1. The molecule has 3 N–H and O–H groups in total. The molecule has 0 unspecified atom stereocenters. The molecule has 2 aromatic rings. The Labute approximate surface area is 104 Å². The molecule has 18 heavy (non-hydrogen) atoms. The maximum absolute atomic E-state index is 11.9. The molecular weight excluding hydrogens is 232 g/mol. The van der Waals surface area contributed by atoms with Crippen LogP contribution in [0.5, 0.6) is 17.2 Å². The normalized spacial score (nSPS) is 10.2. The number of hydrogen-bond donors (Lipinski definition) is 3. The van der Waals surface area contributed by atoms with Crippen molar-refractivity contribution in [3.05, 3.63) is 53.6 Å². The second-order valence-electron chi connectivity index (χ2n) is 3.97. The zero-order valence-corrected chi connectivity index (χ0v) is 9.50. The summed E-state index contributed by atoms with van der Waals surface area (Å²) in [5.41, 5.74) is 1.10. The van der Waals surface area contributed by atoms with Crippen molar-refractivity contribution in [3.8, 4) is 17.2 Å². The summed E-state index contributed by atoms with van der Waals surface area (Å²) in [4.78, 5) is 11.9. The van der Waals surface area contributed by atoms with Crippen molar-refractivity contribution in [2.75, 3.05) is 0 Å². The summed E-state index contributed by atoms with van der Waals surface area (Å²) >= 11 is 0. The van der Waals surface area contributed by atoms with Gasteiger partial charge in [0.2, 0.25) is 0 Å². The minimum atomic E-state index is -0.313. The number of Topliss-reactive ketones (excluding diaryl/α,β-unsaturated/α-hetero) is 1. The van der Waals surface area contributed by atoms with Crippen LogP contribution in [0.15, 0.2) is 42.5 Å². The quantitative estimate of drug-likeness (QED) is 0.571. The van der Waals surface area contributed by atoms with Crippen LogP contribution in [0, 0.1) is 0 Å². The minimum Gasteiger partial charge on any atom is -0.508 e. The fraction of sp³-hybridized carbons (Fsp3) is 0.0714. The molecule has 2 aromatic carbocycles. The van der Waals surface area contributed by atoms with E-state index in [1.54, 1.807) is 12.1 Å². The highest BCUT2D eigenvalue weighted by molar-refractivity contribution is 5.98. The Morgan fingerprint density at radius 3 is 2.17 bits per heavy atom. The van der Waals surface area contributed by atoms with Gasteiger partial charge in [-0.3, -0.25) is 4.79 Å². The van der Waals surface area contributed by atoms with Gasteiger partial charge in [-0.05, 0) is 35.9 Å². The van der Waals surface area contributed by atoms with E-state index in [4.69, 9.17) is 10.2 Å². The maximum atomic E-state index is 11.9. The first-order chi connectivity index (χ1) is 8.56. The third-order valence-electron chi connectivity index (χ3n) is 2.60. The molecule has 0 spiro atoms. The minimum absolute atomic E-state index is 0.147. The molecule has 0 radical (unpaired) electrons. The number of benzene rings is 2. The van der Waals surface area contributed by atoms with Crippen molar-refractivity contribution in [3.63, 3.8) is 0 Å². The predicted molar refractivity (Wildman–Crippen MR) is 65.9 cm³/mol. The van der Waals surface area contributed by atoms with Crippen LogP contribution in [0.4, 0.5) is 0 Å². The van der Waals surface area contributed by atoms with E-state index in [9.17, 15) is 9.90 Å². The molecule has 0 aliphatic rings. The Kier molecular flexibility index (Phi) is 3.19. The Balaban J connectivity index is 2.16. The summed E-state index contributed by atoms with van der Waals surface area (Å²) in [5.74, 6) is -0.591. The summed E-state index contributed by atoms with van der Waals surface area (Å²) in [7, 11) is 0. The first-order valence-electron chi connectivity index (χ1n) is 5.39. The van der Waals surface area contributed by atoms with Crippen LogP contribution in [0.2, 0.25) is 0 Å². The lowest BCUT2D eigenvalue weighted by Crippen LogP contribution is -2.03. The topological polar surface area (TPSA) is 77.8 Å². The Morgan fingerprint density at radius 1 is 0.889 bits per heavy atom. The smallest absolute Gasteiger partial charge is 0.167 e. The molecular formula is C14H12O4. The summed E-state index contributed by atoms with van der Waals surface area (Å²) in [6.45, 7) is 0. The number of ketones is 1. The number of phenolic OH excluding ortho intramolecular Hbond substituents is 3. The summed E-state index contributed by atoms with van der Waals surface area (Å²) in [6, 6.07) is 10.3. The number of carbonyl (C=O) groups excluding carboxylic acids is 1. The lowest BCUT2D eigenvalue weighted by Gasteiger charge is -2.03. The van der Waals surface area contributed by atoms with Crippen LogP contribution in [-0.2, 0) is 6.42 Å². The number of rotatable bonds is 3. The van der Waals surface area contributed by atoms with Crippen molar-refractivity contribution in [2.45, 2.75) is 6.42 Å². The van der Waals surface area contributed by atoms with E-state index in [0.29, 0.717) is 5.56 Å². The molecule has 0 aliphatic carbocycles. The van der Waals surface area contributed by atoms with Crippen molar-refractivity contribution in [1.82, 2.24) is 0 Å². The van der Waals surface area contributed by atoms with Crippen LogP contribution < -0.4 is 0 Å². The molecule has 92 valence electrons. The first kappa shape index (κ1) is 12.0. The Hall–Kier alpha value is -2.49. The monoisotopic (exact) mass is 244 g/mol. The van der Waals surface area contributed by atoms with Crippen LogP contribution in [0.25, 0.3) is 0 Å². The summed E-state index contributed by atoms with van der Waals surface area (Å²) < 4.78 is 0. The zero-order chi connectivity index (χ0) is 13.1. The molecule has 4 nitrogen and oxygen atoms in total. The Morgan fingerprint density at radius 2 is 1.56 bits per heavy atom. The molecule has 0 aliphatic heterocycles. The molecule has 0 saturated heterocycles. The van der Waals surface area contributed by atoms with Crippen molar-refractivity contribution in [2.24, 2.45) is 0 Å². The van der Waals surface area contributed by atoms with E-state index < -0.39 is 0 Å². The lowest BCUT2D eigenvalue weighted by molar-refractivity contribution is 0.0992. The molecule has 0 bridgehead atoms.